The zero-order valence-electron chi connectivity index (χ0n) is 17.8. The lowest BCUT2D eigenvalue weighted by Gasteiger charge is -2.42. The van der Waals surface area contributed by atoms with Crippen molar-refractivity contribution >= 4 is 5.69 Å². The van der Waals surface area contributed by atoms with Gasteiger partial charge in [0.05, 0.1) is 24.5 Å². The van der Waals surface area contributed by atoms with Crippen LogP contribution in [0.2, 0.25) is 0 Å². The number of halogens is 1. The third-order valence-corrected chi connectivity index (χ3v) is 6.10. The minimum Gasteiger partial charge on any atom is -0.490 e. The molecule has 0 radical (unpaired) electrons. The van der Waals surface area contributed by atoms with Crippen LogP contribution in [0.3, 0.4) is 0 Å². The Morgan fingerprint density at radius 3 is 2.39 bits per heavy atom. The van der Waals surface area contributed by atoms with Crippen LogP contribution in [0.5, 0.6) is 5.75 Å². The van der Waals surface area contributed by atoms with Gasteiger partial charge >= 0.3 is 0 Å². The number of para-hydroxylation sites is 2. The molecule has 2 saturated heterocycles. The molecule has 2 fully saturated rings. The van der Waals surface area contributed by atoms with E-state index in [4.69, 9.17) is 9.47 Å². The Hall–Kier alpha value is -2.19. The van der Waals surface area contributed by atoms with Gasteiger partial charge in [0.15, 0.2) is 0 Å². The van der Waals surface area contributed by atoms with Gasteiger partial charge in [0.2, 0.25) is 0 Å². The molecule has 2 aromatic carbocycles. The number of rotatable bonds is 6. The minimum atomic E-state index is -1.16. The average molecular weight is 431 g/mol. The SMILES string of the molecule is OC1(CN2CCOC[C@@](O)(COc3ccccc3)C2)CCN(c2ccccc2F)CC1. The topological polar surface area (TPSA) is 65.4 Å². The Bertz CT molecular complexity index is 844. The first kappa shape index (κ1) is 22.0. The van der Waals surface area contributed by atoms with Crippen molar-refractivity contribution in [2.45, 2.75) is 24.0 Å². The van der Waals surface area contributed by atoms with Crippen LogP contribution in [0.15, 0.2) is 54.6 Å². The normalized spacial score (nSPS) is 24.5. The summed E-state index contributed by atoms with van der Waals surface area (Å²) in [6.45, 7) is 3.40. The molecular weight excluding hydrogens is 399 g/mol. The van der Waals surface area contributed by atoms with E-state index in [0.717, 1.165) is 0 Å². The molecule has 7 heteroatoms. The number of aliphatic hydroxyl groups is 2. The molecule has 2 aliphatic rings. The van der Waals surface area contributed by atoms with Crippen LogP contribution in [0, 0.1) is 5.82 Å². The molecule has 0 saturated carbocycles. The van der Waals surface area contributed by atoms with Crippen molar-refractivity contribution in [1.29, 1.82) is 0 Å². The van der Waals surface area contributed by atoms with Crippen LogP contribution < -0.4 is 9.64 Å². The molecule has 0 unspecified atom stereocenters. The maximum Gasteiger partial charge on any atom is 0.146 e. The predicted octanol–water partition coefficient (Wildman–Crippen LogP) is 2.30. The van der Waals surface area contributed by atoms with Gasteiger partial charge in [-0.15, -0.1) is 0 Å². The third-order valence-electron chi connectivity index (χ3n) is 6.10. The van der Waals surface area contributed by atoms with E-state index < -0.39 is 11.2 Å². The number of benzene rings is 2. The standard InChI is InChI=1S/C24H31FN2O4/c25-21-8-4-5-9-22(21)27-12-10-23(28,11-13-27)16-26-14-15-30-18-24(29,17-26)19-31-20-6-2-1-3-7-20/h1-9,28-29H,10-19H2/t24-/m1/s1. The Morgan fingerprint density at radius 2 is 1.65 bits per heavy atom. The van der Waals surface area contributed by atoms with Gasteiger partial charge < -0.3 is 24.6 Å². The highest BCUT2D eigenvalue weighted by Gasteiger charge is 2.39. The maximum absolute atomic E-state index is 14.1. The number of anilines is 1. The lowest BCUT2D eigenvalue weighted by Crippen LogP contribution is -2.55. The number of hydrogen-bond acceptors (Lipinski definition) is 6. The molecular formula is C24H31FN2O4. The van der Waals surface area contributed by atoms with Crippen molar-refractivity contribution in [2.75, 3.05) is 57.4 Å². The minimum absolute atomic E-state index is 0.118. The maximum atomic E-state index is 14.1. The first-order chi connectivity index (χ1) is 14.9. The van der Waals surface area contributed by atoms with Crippen molar-refractivity contribution < 1.29 is 24.1 Å². The van der Waals surface area contributed by atoms with Gasteiger partial charge in [-0.25, -0.2) is 4.39 Å². The zero-order valence-corrected chi connectivity index (χ0v) is 17.8. The van der Waals surface area contributed by atoms with Crippen molar-refractivity contribution in [3.63, 3.8) is 0 Å². The molecule has 0 aromatic heterocycles. The monoisotopic (exact) mass is 430 g/mol. The summed E-state index contributed by atoms with van der Waals surface area (Å²) >= 11 is 0. The van der Waals surface area contributed by atoms with Crippen LogP contribution in [0.25, 0.3) is 0 Å². The van der Waals surface area contributed by atoms with Crippen LogP contribution in [-0.4, -0.2) is 78.9 Å². The summed E-state index contributed by atoms with van der Waals surface area (Å²) in [7, 11) is 0. The molecule has 0 amide bonds. The van der Waals surface area contributed by atoms with Crippen LogP contribution in [0.4, 0.5) is 10.1 Å². The first-order valence-electron chi connectivity index (χ1n) is 10.9. The zero-order chi connectivity index (χ0) is 21.7. The fourth-order valence-electron chi connectivity index (χ4n) is 4.40. The van der Waals surface area contributed by atoms with Gasteiger partial charge in [-0.05, 0) is 37.1 Å². The van der Waals surface area contributed by atoms with Gasteiger partial charge in [0.1, 0.15) is 23.8 Å². The summed E-state index contributed by atoms with van der Waals surface area (Å²) in [5.74, 6) is 0.465. The molecule has 31 heavy (non-hydrogen) atoms. The molecule has 0 spiro atoms. The molecule has 0 bridgehead atoms. The molecule has 4 rings (SSSR count). The van der Waals surface area contributed by atoms with Gasteiger partial charge in [-0.1, -0.05) is 30.3 Å². The number of piperidine rings is 1. The molecule has 0 aliphatic carbocycles. The average Bonchev–Trinajstić information content (AvgIpc) is 2.95. The highest BCUT2D eigenvalue weighted by molar-refractivity contribution is 5.48. The quantitative estimate of drug-likeness (QED) is 0.733. The molecule has 2 aromatic rings. The summed E-state index contributed by atoms with van der Waals surface area (Å²) in [6, 6.07) is 16.1. The van der Waals surface area contributed by atoms with Gasteiger partial charge in [-0.2, -0.15) is 0 Å². The third kappa shape index (κ3) is 5.74. The number of ether oxygens (including phenoxy) is 2. The van der Waals surface area contributed by atoms with E-state index in [9.17, 15) is 14.6 Å². The van der Waals surface area contributed by atoms with E-state index in [1.165, 1.54) is 6.07 Å². The summed E-state index contributed by atoms with van der Waals surface area (Å²) in [5, 5.41) is 22.3. The van der Waals surface area contributed by atoms with E-state index in [2.05, 4.69) is 4.90 Å². The van der Waals surface area contributed by atoms with Crippen molar-refractivity contribution in [3.8, 4) is 5.75 Å². The highest BCUT2D eigenvalue weighted by atomic mass is 19.1. The molecule has 168 valence electrons. The molecule has 2 aliphatic heterocycles. The summed E-state index contributed by atoms with van der Waals surface area (Å²) in [6.07, 6.45) is 1.08. The Labute approximate surface area is 182 Å². The molecule has 2 heterocycles. The lowest BCUT2D eigenvalue weighted by molar-refractivity contribution is -0.0742. The Kier molecular flexibility index (Phi) is 6.77. The van der Waals surface area contributed by atoms with E-state index in [-0.39, 0.29) is 19.0 Å². The van der Waals surface area contributed by atoms with Gasteiger partial charge in [0, 0.05) is 32.7 Å². The van der Waals surface area contributed by atoms with E-state index in [1.807, 2.05) is 41.3 Å². The second-order valence-corrected chi connectivity index (χ2v) is 8.75. The van der Waals surface area contributed by atoms with E-state index >= 15 is 0 Å². The summed E-state index contributed by atoms with van der Waals surface area (Å²) in [4.78, 5) is 4.04. The highest BCUT2D eigenvalue weighted by Crippen LogP contribution is 2.29. The number of β-amino-alcohol motifs (C(OH)–C–C–N with tert-alkyl or cyclic N) is 2. The van der Waals surface area contributed by atoms with Crippen molar-refractivity contribution in [2.24, 2.45) is 0 Å². The van der Waals surface area contributed by atoms with Crippen molar-refractivity contribution in [3.05, 3.63) is 60.4 Å². The Morgan fingerprint density at radius 1 is 0.935 bits per heavy atom. The predicted molar refractivity (Wildman–Crippen MR) is 117 cm³/mol. The molecule has 6 nitrogen and oxygen atoms in total. The lowest BCUT2D eigenvalue weighted by atomic mass is 9.90. The summed E-state index contributed by atoms with van der Waals surface area (Å²) in [5.41, 5.74) is -1.45. The number of hydrogen-bond donors (Lipinski definition) is 2. The van der Waals surface area contributed by atoms with Crippen LogP contribution in [0.1, 0.15) is 12.8 Å². The second-order valence-electron chi connectivity index (χ2n) is 8.75. The largest absolute Gasteiger partial charge is 0.490 e. The first-order valence-corrected chi connectivity index (χ1v) is 10.9. The summed E-state index contributed by atoms with van der Waals surface area (Å²) < 4.78 is 25.5. The van der Waals surface area contributed by atoms with E-state index in [1.54, 1.807) is 12.1 Å². The molecule has 1 atom stereocenters. The number of nitrogens with zero attached hydrogens (tertiary/aromatic N) is 2. The Balaban J connectivity index is 1.34. The second kappa shape index (κ2) is 9.53. The van der Waals surface area contributed by atoms with Gasteiger partial charge in [-0.3, -0.25) is 4.90 Å². The van der Waals surface area contributed by atoms with Crippen molar-refractivity contribution in [1.82, 2.24) is 4.90 Å². The fourth-order valence-corrected chi connectivity index (χ4v) is 4.40. The molecule has 2 N–H and O–H groups in total. The van der Waals surface area contributed by atoms with Crippen LogP contribution in [-0.2, 0) is 4.74 Å². The van der Waals surface area contributed by atoms with E-state index in [0.29, 0.717) is 63.6 Å². The van der Waals surface area contributed by atoms with Gasteiger partial charge in [0.25, 0.3) is 0 Å². The van der Waals surface area contributed by atoms with Crippen LogP contribution >= 0.6 is 0 Å². The fraction of sp³-hybridized carbons (Fsp3) is 0.500. The smallest absolute Gasteiger partial charge is 0.146 e.